The summed E-state index contributed by atoms with van der Waals surface area (Å²) in [4.78, 5) is 11.0. The average molecular weight is 254 g/mol. The molecule has 0 amide bonds. The Labute approximate surface area is 97.8 Å². The second-order valence-electron chi connectivity index (χ2n) is 2.67. The van der Waals surface area contributed by atoms with Gasteiger partial charge < -0.3 is 10.5 Å². The van der Waals surface area contributed by atoms with Crippen molar-refractivity contribution in [1.82, 2.24) is 0 Å². The molecule has 0 saturated heterocycles. The quantitative estimate of drug-likeness (QED) is 0.822. The van der Waals surface area contributed by atoms with Crippen LogP contribution in [0.1, 0.15) is 11.6 Å². The van der Waals surface area contributed by atoms with Crippen LogP contribution in [0.5, 0.6) is 0 Å². The Morgan fingerprint density at radius 3 is 2.67 bits per heavy atom. The van der Waals surface area contributed by atoms with Gasteiger partial charge in [-0.05, 0) is 17.7 Å². The number of nitrogens with two attached hydrogens (primary N) is 1. The van der Waals surface area contributed by atoms with E-state index in [1.807, 2.05) is 0 Å². The lowest BCUT2D eigenvalue weighted by Crippen LogP contribution is -2.22. The average Bonchev–Trinajstić information content (AvgIpc) is 2.20. The summed E-state index contributed by atoms with van der Waals surface area (Å²) >= 11 is 5.47. The molecule has 84 valence electrons. The van der Waals surface area contributed by atoms with Crippen molar-refractivity contribution in [3.63, 3.8) is 0 Å². The first-order valence-corrected chi connectivity index (χ1v) is 4.22. The Morgan fingerprint density at radius 1 is 1.60 bits per heavy atom. The van der Waals surface area contributed by atoms with Crippen LogP contribution in [0.15, 0.2) is 18.2 Å². The van der Waals surface area contributed by atoms with Crippen molar-refractivity contribution in [3.8, 4) is 0 Å². The molecule has 1 aromatic carbocycles. The maximum atomic E-state index is 13.0. The molecule has 1 rings (SSSR count). The van der Waals surface area contributed by atoms with Crippen LogP contribution in [-0.4, -0.2) is 13.1 Å². The zero-order valence-corrected chi connectivity index (χ0v) is 9.44. The van der Waals surface area contributed by atoms with E-state index in [4.69, 9.17) is 17.3 Å². The number of hydrogen-bond donors (Lipinski definition) is 1. The van der Waals surface area contributed by atoms with Gasteiger partial charge in [-0.2, -0.15) is 0 Å². The van der Waals surface area contributed by atoms with Crippen molar-refractivity contribution in [2.75, 3.05) is 7.11 Å². The largest absolute Gasteiger partial charge is 0.468 e. The van der Waals surface area contributed by atoms with Gasteiger partial charge in [0.25, 0.3) is 0 Å². The summed E-state index contributed by atoms with van der Waals surface area (Å²) in [6.45, 7) is 0. The van der Waals surface area contributed by atoms with Gasteiger partial charge in [0.2, 0.25) is 0 Å². The minimum atomic E-state index is -0.980. The Bertz CT molecular complexity index is 360. The number of hydrogen-bond acceptors (Lipinski definition) is 3. The van der Waals surface area contributed by atoms with Crippen LogP contribution in [0.4, 0.5) is 4.39 Å². The summed E-state index contributed by atoms with van der Waals surface area (Å²) in [5.41, 5.74) is 5.82. The summed E-state index contributed by atoms with van der Waals surface area (Å²) in [6.07, 6.45) is 0. The number of methoxy groups -OCH3 is 1. The molecule has 15 heavy (non-hydrogen) atoms. The zero-order valence-electron chi connectivity index (χ0n) is 7.87. The molecular formula is C9H10Cl2FNO2. The van der Waals surface area contributed by atoms with Gasteiger partial charge in [-0.25, -0.2) is 4.39 Å². The highest BCUT2D eigenvalue weighted by Crippen LogP contribution is 2.19. The van der Waals surface area contributed by atoms with Crippen molar-refractivity contribution in [2.24, 2.45) is 5.73 Å². The molecule has 0 fully saturated rings. The van der Waals surface area contributed by atoms with E-state index in [1.165, 1.54) is 19.2 Å². The van der Waals surface area contributed by atoms with Gasteiger partial charge >= 0.3 is 5.97 Å². The molecule has 0 aliphatic rings. The van der Waals surface area contributed by atoms with Crippen LogP contribution in [0.2, 0.25) is 5.02 Å². The lowest BCUT2D eigenvalue weighted by molar-refractivity contribution is -0.142. The monoisotopic (exact) mass is 253 g/mol. The predicted molar refractivity (Wildman–Crippen MR) is 57.6 cm³/mol. The molecule has 2 N–H and O–H groups in total. The third-order valence-electron chi connectivity index (χ3n) is 1.76. The molecule has 0 spiro atoms. The van der Waals surface area contributed by atoms with Gasteiger partial charge in [0.15, 0.2) is 0 Å². The lowest BCUT2D eigenvalue weighted by Gasteiger charge is -2.09. The molecule has 0 aliphatic carbocycles. The number of carbonyl (C=O) groups is 1. The molecule has 0 radical (unpaired) electrons. The van der Waals surface area contributed by atoms with Gasteiger partial charge in [0.05, 0.1) is 12.1 Å². The zero-order chi connectivity index (χ0) is 10.7. The predicted octanol–water partition coefficient (Wildman–Crippen LogP) is 2.07. The standard InChI is InChI=1S/C9H9ClFNO2.ClH/c1-14-9(13)8(12)5-2-3-6(10)7(11)4-5;/h2-4,8H,12H2,1H3;1H/t8-;/m0./s1. The number of rotatable bonds is 2. The third-order valence-corrected chi connectivity index (χ3v) is 2.06. The van der Waals surface area contributed by atoms with E-state index in [1.54, 1.807) is 0 Å². The minimum Gasteiger partial charge on any atom is -0.468 e. The SMILES string of the molecule is COC(=O)[C@@H](N)c1ccc(Cl)c(F)c1.Cl. The molecule has 1 aromatic rings. The lowest BCUT2D eigenvalue weighted by atomic mass is 10.1. The summed E-state index contributed by atoms with van der Waals surface area (Å²) in [6, 6.07) is 2.96. The maximum absolute atomic E-state index is 13.0. The van der Waals surface area contributed by atoms with Crippen molar-refractivity contribution in [2.45, 2.75) is 6.04 Å². The second kappa shape index (κ2) is 5.90. The molecule has 1 atom stereocenters. The number of esters is 1. The van der Waals surface area contributed by atoms with E-state index in [2.05, 4.69) is 4.74 Å². The molecule has 0 heterocycles. The summed E-state index contributed by atoms with van der Waals surface area (Å²) in [5, 5.41) is -0.00850. The fourth-order valence-corrected chi connectivity index (χ4v) is 1.09. The fourth-order valence-electron chi connectivity index (χ4n) is 0.969. The number of halogens is 3. The second-order valence-corrected chi connectivity index (χ2v) is 3.08. The summed E-state index contributed by atoms with van der Waals surface area (Å²) in [5.74, 6) is -1.23. The number of benzene rings is 1. The third kappa shape index (κ3) is 3.34. The Kier molecular flexibility index (Phi) is 5.57. The first-order valence-electron chi connectivity index (χ1n) is 3.84. The van der Waals surface area contributed by atoms with Gasteiger partial charge in [0, 0.05) is 0 Å². The first-order chi connectivity index (χ1) is 6.56. The van der Waals surface area contributed by atoms with E-state index >= 15 is 0 Å². The van der Waals surface area contributed by atoms with E-state index in [-0.39, 0.29) is 17.4 Å². The van der Waals surface area contributed by atoms with Crippen molar-refractivity contribution in [3.05, 3.63) is 34.6 Å². The first kappa shape index (κ1) is 14.2. The van der Waals surface area contributed by atoms with Crippen molar-refractivity contribution >= 4 is 30.0 Å². The Balaban J connectivity index is 0.00000196. The van der Waals surface area contributed by atoms with Crippen LogP contribution in [0.25, 0.3) is 0 Å². The van der Waals surface area contributed by atoms with Crippen LogP contribution < -0.4 is 5.73 Å². The summed E-state index contributed by atoms with van der Waals surface area (Å²) in [7, 11) is 1.22. The van der Waals surface area contributed by atoms with Gasteiger partial charge in [-0.1, -0.05) is 17.7 Å². The van der Waals surface area contributed by atoms with E-state index in [0.717, 1.165) is 6.07 Å². The van der Waals surface area contributed by atoms with E-state index < -0.39 is 17.8 Å². The molecular weight excluding hydrogens is 244 g/mol. The van der Waals surface area contributed by atoms with Gasteiger partial charge in [-0.3, -0.25) is 4.79 Å². The van der Waals surface area contributed by atoms with Crippen molar-refractivity contribution < 1.29 is 13.9 Å². The molecule has 6 heteroatoms. The molecule has 0 bridgehead atoms. The van der Waals surface area contributed by atoms with Crippen LogP contribution in [0.3, 0.4) is 0 Å². The highest BCUT2D eigenvalue weighted by molar-refractivity contribution is 6.30. The van der Waals surface area contributed by atoms with E-state index in [9.17, 15) is 9.18 Å². The smallest absolute Gasteiger partial charge is 0.327 e. The molecule has 0 aliphatic heterocycles. The van der Waals surface area contributed by atoms with Crippen molar-refractivity contribution in [1.29, 1.82) is 0 Å². The Morgan fingerprint density at radius 2 is 2.20 bits per heavy atom. The number of carbonyl (C=O) groups excluding carboxylic acids is 1. The fraction of sp³-hybridized carbons (Fsp3) is 0.222. The van der Waals surface area contributed by atoms with Gasteiger partial charge in [0.1, 0.15) is 11.9 Å². The van der Waals surface area contributed by atoms with Crippen LogP contribution in [-0.2, 0) is 9.53 Å². The van der Waals surface area contributed by atoms with Crippen LogP contribution >= 0.6 is 24.0 Å². The molecule has 0 saturated carbocycles. The topological polar surface area (TPSA) is 52.3 Å². The molecule has 0 aromatic heterocycles. The molecule has 0 unspecified atom stereocenters. The highest BCUT2D eigenvalue weighted by atomic mass is 35.5. The summed E-state index contributed by atoms with van der Waals surface area (Å²) < 4.78 is 17.4. The van der Waals surface area contributed by atoms with Crippen LogP contribution in [0, 0.1) is 5.82 Å². The van der Waals surface area contributed by atoms with Gasteiger partial charge in [-0.15, -0.1) is 12.4 Å². The Hall–Kier alpha value is -0.840. The molecule has 3 nitrogen and oxygen atoms in total. The number of ether oxygens (including phenoxy) is 1. The minimum absolute atomic E-state index is 0. The maximum Gasteiger partial charge on any atom is 0.327 e. The van der Waals surface area contributed by atoms with E-state index in [0.29, 0.717) is 5.56 Å². The highest BCUT2D eigenvalue weighted by Gasteiger charge is 2.17. The normalized spacial score (nSPS) is 11.5.